The Morgan fingerprint density at radius 2 is 1.81 bits per heavy atom. The molecule has 0 aliphatic carbocycles. The highest BCUT2D eigenvalue weighted by molar-refractivity contribution is 7.89. The quantitative estimate of drug-likeness (QED) is 0.759. The molecule has 8 heteroatoms. The summed E-state index contributed by atoms with van der Waals surface area (Å²) in [6.07, 6.45) is 5.81. The van der Waals surface area contributed by atoms with Gasteiger partial charge in [-0.3, -0.25) is 4.79 Å². The number of hydrogen-bond acceptors (Lipinski definition) is 4. The summed E-state index contributed by atoms with van der Waals surface area (Å²) in [6, 6.07) is 4.47. The molecule has 1 aromatic rings. The number of rotatable bonds is 4. The first-order chi connectivity index (χ1) is 12.9. The van der Waals surface area contributed by atoms with Crippen LogP contribution in [-0.2, 0) is 14.8 Å². The Balaban J connectivity index is 1.74. The van der Waals surface area contributed by atoms with Crippen molar-refractivity contribution >= 4 is 27.5 Å². The SMILES string of the molecule is COc1ccc(S(=O)(=O)N2CCC[C@@H](C(=O)N3CCCCCC3)C2)cc1Cl. The van der Waals surface area contributed by atoms with E-state index < -0.39 is 10.0 Å². The van der Waals surface area contributed by atoms with Crippen molar-refractivity contribution in [1.82, 2.24) is 9.21 Å². The first-order valence-corrected chi connectivity index (χ1v) is 11.4. The van der Waals surface area contributed by atoms with Crippen LogP contribution >= 0.6 is 11.6 Å². The molecule has 0 spiro atoms. The number of amides is 1. The monoisotopic (exact) mass is 414 g/mol. The van der Waals surface area contributed by atoms with Gasteiger partial charge in [0.2, 0.25) is 15.9 Å². The predicted molar refractivity (Wildman–Crippen MR) is 105 cm³/mol. The zero-order valence-corrected chi connectivity index (χ0v) is 17.3. The van der Waals surface area contributed by atoms with Gasteiger partial charge in [0.25, 0.3) is 0 Å². The van der Waals surface area contributed by atoms with Crippen LogP contribution in [0.4, 0.5) is 0 Å². The number of piperidine rings is 1. The van der Waals surface area contributed by atoms with Crippen molar-refractivity contribution in [3.8, 4) is 5.75 Å². The number of likely N-dealkylation sites (tertiary alicyclic amines) is 1. The highest BCUT2D eigenvalue weighted by Crippen LogP contribution is 2.30. The number of hydrogen-bond donors (Lipinski definition) is 0. The summed E-state index contributed by atoms with van der Waals surface area (Å²) in [4.78, 5) is 15.0. The van der Waals surface area contributed by atoms with E-state index in [1.54, 1.807) is 6.07 Å². The summed E-state index contributed by atoms with van der Waals surface area (Å²) < 4.78 is 32.6. The summed E-state index contributed by atoms with van der Waals surface area (Å²) in [5.74, 6) is 0.272. The highest BCUT2D eigenvalue weighted by Gasteiger charge is 2.35. The first-order valence-electron chi connectivity index (χ1n) is 9.56. The first kappa shape index (κ1) is 20.4. The van der Waals surface area contributed by atoms with Crippen LogP contribution in [0.15, 0.2) is 23.1 Å². The van der Waals surface area contributed by atoms with Crippen LogP contribution in [0.1, 0.15) is 38.5 Å². The fourth-order valence-corrected chi connectivity index (χ4v) is 5.74. The summed E-state index contributed by atoms with van der Waals surface area (Å²) in [5.41, 5.74) is 0. The van der Waals surface area contributed by atoms with Crippen LogP contribution in [0.3, 0.4) is 0 Å². The molecular formula is C19H27ClN2O4S. The summed E-state index contributed by atoms with van der Waals surface area (Å²) >= 11 is 6.10. The third-order valence-electron chi connectivity index (χ3n) is 5.41. The minimum atomic E-state index is -3.69. The van der Waals surface area contributed by atoms with Gasteiger partial charge in [-0.05, 0) is 43.9 Å². The van der Waals surface area contributed by atoms with E-state index >= 15 is 0 Å². The number of methoxy groups -OCH3 is 1. The second-order valence-electron chi connectivity index (χ2n) is 7.24. The van der Waals surface area contributed by atoms with Crippen molar-refractivity contribution in [3.63, 3.8) is 0 Å². The minimum absolute atomic E-state index is 0.101. The molecule has 3 rings (SSSR count). The number of nitrogens with zero attached hydrogens (tertiary/aromatic N) is 2. The lowest BCUT2D eigenvalue weighted by atomic mass is 9.98. The Morgan fingerprint density at radius 3 is 2.44 bits per heavy atom. The van der Waals surface area contributed by atoms with Crippen molar-refractivity contribution in [2.45, 2.75) is 43.4 Å². The lowest BCUT2D eigenvalue weighted by Crippen LogP contribution is -2.46. The molecule has 2 heterocycles. The molecule has 0 radical (unpaired) electrons. The van der Waals surface area contributed by atoms with Gasteiger partial charge in [0.15, 0.2) is 0 Å². The van der Waals surface area contributed by atoms with Gasteiger partial charge < -0.3 is 9.64 Å². The van der Waals surface area contributed by atoms with Gasteiger partial charge in [0.05, 0.1) is 22.9 Å². The van der Waals surface area contributed by atoms with Gasteiger partial charge in [-0.25, -0.2) is 8.42 Å². The number of carbonyl (C=O) groups excluding carboxylic acids is 1. The van der Waals surface area contributed by atoms with Crippen LogP contribution in [0.2, 0.25) is 5.02 Å². The van der Waals surface area contributed by atoms with Crippen molar-refractivity contribution in [1.29, 1.82) is 0 Å². The van der Waals surface area contributed by atoms with E-state index in [0.29, 0.717) is 18.7 Å². The molecule has 0 aromatic heterocycles. The van der Waals surface area contributed by atoms with Crippen LogP contribution in [0.5, 0.6) is 5.75 Å². The lowest BCUT2D eigenvalue weighted by Gasteiger charge is -2.34. The van der Waals surface area contributed by atoms with Gasteiger partial charge in [0, 0.05) is 26.2 Å². The molecule has 2 aliphatic rings. The minimum Gasteiger partial charge on any atom is -0.495 e. The highest BCUT2D eigenvalue weighted by atomic mass is 35.5. The zero-order valence-electron chi connectivity index (χ0n) is 15.7. The summed E-state index contributed by atoms with van der Waals surface area (Å²) in [7, 11) is -2.21. The van der Waals surface area contributed by atoms with E-state index in [9.17, 15) is 13.2 Å². The third-order valence-corrected chi connectivity index (χ3v) is 7.57. The number of benzene rings is 1. The molecule has 0 bridgehead atoms. The molecule has 1 amide bonds. The van der Waals surface area contributed by atoms with E-state index in [1.165, 1.54) is 23.5 Å². The Labute approximate surface area is 166 Å². The number of ether oxygens (including phenoxy) is 1. The second kappa shape index (κ2) is 8.80. The molecule has 2 saturated heterocycles. The van der Waals surface area contributed by atoms with Gasteiger partial charge >= 0.3 is 0 Å². The molecule has 150 valence electrons. The van der Waals surface area contributed by atoms with E-state index in [0.717, 1.165) is 45.2 Å². The number of sulfonamides is 1. The molecule has 6 nitrogen and oxygen atoms in total. The maximum atomic E-state index is 13.0. The van der Waals surface area contributed by atoms with E-state index in [4.69, 9.17) is 16.3 Å². The number of halogens is 1. The summed E-state index contributed by atoms with van der Waals surface area (Å²) in [5, 5.41) is 0.257. The third kappa shape index (κ3) is 4.58. The fourth-order valence-electron chi connectivity index (χ4n) is 3.87. The Morgan fingerprint density at radius 1 is 1.11 bits per heavy atom. The van der Waals surface area contributed by atoms with Gasteiger partial charge in [0.1, 0.15) is 5.75 Å². The van der Waals surface area contributed by atoms with Gasteiger partial charge in [-0.15, -0.1) is 0 Å². The zero-order chi connectivity index (χ0) is 19.4. The lowest BCUT2D eigenvalue weighted by molar-refractivity contribution is -0.136. The van der Waals surface area contributed by atoms with Crippen molar-refractivity contribution < 1.29 is 17.9 Å². The Kier molecular flexibility index (Phi) is 6.65. The molecule has 0 unspecified atom stereocenters. The second-order valence-corrected chi connectivity index (χ2v) is 9.58. The molecule has 1 atom stereocenters. The standard InChI is InChI=1S/C19H27ClN2O4S/c1-26-18-9-8-16(13-17(18)20)27(24,25)22-12-6-7-15(14-22)19(23)21-10-4-2-3-5-11-21/h8-9,13,15H,2-7,10-12,14H2,1H3/t15-/m1/s1. The molecule has 0 N–H and O–H groups in total. The fraction of sp³-hybridized carbons (Fsp3) is 0.632. The Hall–Kier alpha value is -1.31. The van der Waals surface area contributed by atoms with E-state index in [-0.39, 0.29) is 28.3 Å². The van der Waals surface area contributed by atoms with Crippen molar-refractivity contribution in [2.24, 2.45) is 5.92 Å². The maximum Gasteiger partial charge on any atom is 0.243 e. The molecule has 0 saturated carbocycles. The van der Waals surface area contributed by atoms with Crippen molar-refractivity contribution in [3.05, 3.63) is 23.2 Å². The maximum absolute atomic E-state index is 13.0. The predicted octanol–water partition coefficient (Wildman–Crippen LogP) is 3.15. The largest absolute Gasteiger partial charge is 0.495 e. The van der Waals surface area contributed by atoms with Crippen LogP contribution < -0.4 is 4.74 Å². The molecule has 2 aliphatic heterocycles. The number of carbonyl (C=O) groups is 1. The summed E-state index contributed by atoms with van der Waals surface area (Å²) in [6.45, 7) is 2.24. The van der Waals surface area contributed by atoms with E-state index in [1.807, 2.05) is 4.90 Å². The van der Waals surface area contributed by atoms with Gasteiger partial charge in [-0.1, -0.05) is 24.4 Å². The molecule has 1 aromatic carbocycles. The van der Waals surface area contributed by atoms with Crippen molar-refractivity contribution in [2.75, 3.05) is 33.3 Å². The normalized spacial score (nSPS) is 22.3. The van der Waals surface area contributed by atoms with E-state index in [2.05, 4.69) is 0 Å². The molecule has 27 heavy (non-hydrogen) atoms. The smallest absolute Gasteiger partial charge is 0.243 e. The average Bonchev–Trinajstić information content (AvgIpc) is 2.97. The molecule has 2 fully saturated rings. The van der Waals surface area contributed by atoms with Crippen LogP contribution in [0.25, 0.3) is 0 Å². The molecular weight excluding hydrogens is 388 g/mol. The Bertz CT molecular complexity index is 776. The van der Waals surface area contributed by atoms with Crippen LogP contribution in [-0.4, -0.2) is 56.8 Å². The van der Waals surface area contributed by atoms with Gasteiger partial charge in [-0.2, -0.15) is 4.31 Å². The average molecular weight is 415 g/mol. The van der Waals surface area contributed by atoms with Crippen LogP contribution in [0, 0.1) is 5.92 Å². The topological polar surface area (TPSA) is 66.9 Å².